The van der Waals surface area contributed by atoms with E-state index in [4.69, 9.17) is 0 Å². The Balaban J connectivity index is 1.78. The van der Waals surface area contributed by atoms with Crippen LogP contribution in [0, 0.1) is 0 Å². The normalized spacial score (nSPS) is 18.2. The molecule has 1 aromatic carbocycles. The zero-order valence-corrected chi connectivity index (χ0v) is 11.0. The minimum Gasteiger partial charge on any atom is -0.355 e. The van der Waals surface area contributed by atoms with Crippen molar-refractivity contribution in [3.63, 3.8) is 0 Å². The molecule has 0 heterocycles. The quantitative estimate of drug-likeness (QED) is 0.829. The van der Waals surface area contributed by atoms with Crippen LogP contribution in [-0.4, -0.2) is 25.0 Å². The van der Waals surface area contributed by atoms with Crippen molar-refractivity contribution < 1.29 is 4.79 Å². The van der Waals surface area contributed by atoms with Crippen LogP contribution in [0.3, 0.4) is 0 Å². The second-order valence-corrected chi connectivity index (χ2v) is 4.94. The van der Waals surface area contributed by atoms with Crippen molar-refractivity contribution in [1.82, 2.24) is 10.6 Å². The fraction of sp³-hybridized carbons (Fsp3) is 0.533. The first kappa shape index (κ1) is 13.1. The van der Waals surface area contributed by atoms with E-state index in [1.54, 1.807) is 0 Å². The molecule has 0 aliphatic heterocycles. The highest BCUT2D eigenvalue weighted by atomic mass is 16.1. The molecule has 1 unspecified atom stereocenters. The predicted molar refractivity (Wildman–Crippen MR) is 73.6 cm³/mol. The van der Waals surface area contributed by atoms with Gasteiger partial charge in [-0.3, -0.25) is 4.79 Å². The van der Waals surface area contributed by atoms with Gasteiger partial charge in [0.2, 0.25) is 5.91 Å². The maximum Gasteiger partial charge on any atom is 0.233 e. The smallest absolute Gasteiger partial charge is 0.233 e. The first-order chi connectivity index (χ1) is 8.79. The number of aryl methyl sites for hydroxylation is 1. The molecular formula is C15H22N2O. The van der Waals surface area contributed by atoms with Gasteiger partial charge >= 0.3 is 0 Å². The minimum absolute atomic E-state index is 0.107. The number of benzene rings is 1. The van der Waals surface area contributed by atoms with Crippen molar-refractivity contribution in [2.45, 2.75) is 38.6 Å². The number of fused-ring (bicyclic) bond motifs is 1. The van der Waals surface area contributed by atoms with Gasteiger partial charge in [-0.15, -0.1) is 0 Å². The van der Waals surface area contributed by atoms with E-state index >= 15 is 0 Å². The number of nitrogens with one attached hydrogen (secondary N) is 2. The van der Waals surface area contributed by atoms with Crippen LogP contribution in [0.25, 0.3) is 0 Å². The minimum atomic E-state index is 0.107. The van der Waals surface area contributed by atoms with E-state index in [1.807, 2.05) is 0 Å². The van der Waals surface area contributed by atoms with E-state index in [-0.39, 0.29) is 5.91 Å². The summed E-state index contributed by atoms with van der Waals surface area (Å²) >= 11 is 0. The zero-order valence-electron chi connectivity index (χ0n) is 11.0. The Kier molecular flexibility index (Phi) is 4.76. The summed E-state index contributed by atoms with van der Waals surface area (Å²) in [6.45, 7) is 3.27. The third-order valence-corrected chi connectivity index (χ3v) is 3.47. The average Bonchev–Trinajstić information content (AvgIpc) is 2.42. The van der Waals surface area contributed by atoms with Gasteiger partial charge in [0.1, 0.15) is 0 Å². The Morgan fingerprint density at radius 2 is 2.11 bits per heavy atom. The van der Waals surface area contributed by atoms with Crippen LogP contribution in [0.5, 0.6) is 0 Å². The molecule has 0 saturated carbocycles. The molecule has 0 saturated heterocycles. The van der Waals surface area contributed by atoms with Gasteiger partial charge in [-0.25, -0.2) is 0 Å². The summed E-state index contributed by atoms with van der Waals surface area (Å²) in [6.07, 6.45) is 4.27. The summed E-state index contributed by atoms with van der Waals surface area (Å²) < 4.78 is 0. The molecule has 18 heavy (non-hydrogen) atoms. The third-order valence-electron chi connectivity index (χ3n) is 3.47. The van der Waals surface area contributed by atoms with Gasteiger partial charge in [-0.1, -0.05) is 31.2 Å². The highest BCUT2D eigenvalue weighted by molar-refractivity contribution is 5.77. The van der Waals surface area contributed by atoms with Crippen LogP contribution in [0.4, 0.5) is 0 Å². The average molecular weight is 246 g/mol. The molecule has 1 amide bonds. The molecule has 0 aromatic heterocycles. The monoisotopic (exact) mass is 246 g/mol. The van der Waals surface area contributed by atoms with E-state index < -0.39 is 0 Å². The van der Waals surface area contributed by atoms with Crippen LogP contribution < -0.4 is 10.6 Å². The molecule has 3 nitrogen and oxygen atoms in total. The van der Waals surface area contributed by atoms with E-state index in [0.717, 1.165) is 32.2 Å². The summed E-state index contributed by atoms with van der Waals surface area (Å²) in [5, 5.41) is 6.25. The SMILES string of the molecule is CCCNC(=O)CNC1CCc2ccccc2C1. The van der Waals surface area contributed by atoms with Gasteiger partial charge in [-0.05, 0) is 36.8 Å². The van der Waals surface area contributed by atoms with Crippen LogP contribution >= 0.6 is 0 Å². The summed E-state index contributed by atoms with van der Waals surface area (Å²) in [5.41, 5.74) is 2.89. The summed E-state index contributed by atoms with van der Waals surface area (Å²) in [4.78, 5) is 11.5. The molecule has 2 N–H and O–H groups in total. The van der Waals surface area contributed by atoms with E-state index in [9.17, 15) is 4.79 Å². The van der Waals surface area contributed by atoms with Crippen molar-refractivity contribution in [1.29, 1.82) is 0 Å². The predicted octanol–water partition coefficient (Wildman–Crippen LogP) is 1.66. The maximum absolute atomic E-state index is 11.5. The Morgan fingerprint density at radius 1 is 1.33 bits per heavy atom. The number of carbonyl (C=O) groups excluding carboxylic acids is 1. The van der Waals surface area contributed by atoms with Crippen molar-refractivity contribution in [2.24, 2.45) is 0 Å². The lowest BCUT2D eigenvalue weighted by atomic mass is 9.88. The van der Waals surface area contributed by atoms with Gasteiger partial charge in [0.05, 0.1) is 6.54 Å². The first-order valence-corrected chi connectivity index (χ1v) is 6.86. The molecule has 1 aromatic rings. The largest absolute Gasteiger partial charge is 0.355 e. The molecule has 0 bridgehead atoms. The molecule has 1 aliphatic rings. The van der Waals surface area contributed by atoms with Crippen molar-refractivity contribution in [2.75, 3.05) is 13.1 Å². The third kappa shape index (κ3) is 3.57. The molecule has 1 aliphatic carbocycles. The van der Waals surface area contributed by atoms with Gasteiger partial charge < -0.3 is 10.6 Å². The molecule has 0 radical (unpaired) electrons. The fourth-order valence-corrected chi connectivity index (χ4v) is 2.44. The molecule has 1 atom stereocenters. The van der Waals surface area contributed by atoms with Crippen molar-refractivity contribution >= 4 is 5.91 Å². The lowest BCUT2D eigenvalue weighted by molar-refractivity contribution is -0.120. The summed E-state index contributed by atoms with van der Waals surface area (Å²) in [6, 6.07) is 9.03. The molecule has 2 rings (SSSR count). The van der Waals surface area contributed by atoms with Crippen LogP contribution in [-0.2, 0) is 17.6 Å². The molecule has 0 fully saturated rings. The molecule has 3 heteroatoms. The molecule has 0 spiro atoms. The molecule has 98 valence electrons. The van der Waals surface area contributed by atoms with Crippen LogP contribution in [0.15, 0.2) is 24.3 Å². The van der Waals surface area contributed by atoms with Gasteiger partial charge in [0.25, 0.3) is 0 Å². The lowest BCUT2D eigenvalue weighted by Gasteiger charge is -2.25. The number of hydrogen-bond acceptors (Lipinski definition) is 2. The highest BCUT2D eigenvalue weighted by Gasteiger charge is 2.18. The van der Waals surface area contributed by atoms with Gasteiger partial charge in [0.15, 0.2) is 0 Å². The van der Waals surface area contributed by atoms with Crippen LogP contribution in [0.2, 0.25) is 0 Å². The Bertz CT molecular complexity index is 403. The number of amides is 1. The van der Waals surface area contributed by atoms with E-state index in [0.29, 0.717) is 12.6 Å². The second kappa shape index (κ2) is 6.55. The van der Waals surface area contributed by atoms with Gasteiger partial charge in [-0.2, -0.15) is 0 Å². The Labute approximate surface area is 109 Å². The first-order valence-electron chi connectivity index (χ1n) is 6.86. The van der Waals surface area contributed by atoms with Crippen molar-refractivity contribution in [3.05, 3.63) is 35.4 Å². The van der Waals surface area contributed by atoms with Crippen molar-refractivity contribution in [3.8, 4) is 0 Å². The zero-order chi connectivity index (χ0) is 12.8. The van der Waals surface area contributed by atoms with E-state index in [2.05, 4.69) is 41.8 Å². The highest BCUT2D eigenvalue weighted by Crippen LogP contribution is 2.20. The van der Waals surface area contributed by atoms with Crippen LogP contribution in [0.1, 0.15) is 30.9 Å². The lowest BCUT2D eigenvalue weighted by Crippen LogP contribution is -2.41. The fourth-order valence-electron chi connectivity index (χ4n) is 2.44. The van der Waals surface area contributed by atoms with E-state index in [1.165, 1.54) is 11.1 Å². The summed E-state index contributed by atoms with van der Waals surface area (Å²) in [7, 11) is 0. The van der Waals surface area contributed by atoms with Gasteiger partial charge in [0, 0.05) is 12.6 Å². The number of rotatable bonds is 5. The Morgan fingerprint density at radius 3 is 2.89 bits per heavy atom. The topological polar surface area (TPSA) is 41.1 Å². The molecular weight excluding hydrogens is 224 g/mol. The second-order valence-electron chi connectivity index (χ2n) is 4.94. The number of hydrogen-bond donors (Lipinski definition) is 2. The number of carbonyl (C=O) groups is 1. The summed E-state index contributed by atoms with van der Waals surface area (Å²) in [5.74, 6) is 0.107. The maximum atomic E-state index is 11.5. The Hall–Kier alpha value is -1.35. The standard InChI is InChI=1S/C15H22N2O/c1-2-9-16-15(18)11-17-14-8-7-12-5-3-4-6-13(12)10-14/h3-6,14,17H,2,7-11H2,1H3,(H,16,18).